The fraction of sp³-hybridized carbons (Fsp3) is 0.333. The number of thiophene rings is 1. The minimum absolute atomic E-state index is 0.155. The minimum atomic E-state index is -0.155. The van der Waals surface area contributed by atoms with E-state index in [2.05, 4.69) is 23.2 Å². The van der Waals surface area contributed by atoms with Crippen LogP contribution in [0.5, 0.6) is 0 Å². The van der Waals surface area contributed by atoms with Crippen molar-refractivity contribution in [3.63, 3.8) is 0 Å². The smallest absolute Gasteiger partial charge is 0.267 e. The molecule has 3 aliphatic heterocycles. The fourth-order valence-electron chi connectivity index (χ4n) is 4.29. The molecule has 2 bridgehead atoms. The first kappa shape index (κ1) is 16.6. The highest BCUT2D eigenvalue weighted by Crippen LogP contribution is 2.45. The molecule has 6 rings (SSSR count). The van der Waals surface area contributed by atoms with E-state index < -0.39 is 0 Å². The van der Waals surface area contributed by atoms with Crippen molar-refractivity contribution in [3.8, 4) is 0 Å². The van der Waals surface area contributed by atoms with Crippen molar-refractivity contribution >= 4 is 44.5 Å². The maximum absolute atomic E-state index is 12.9. The summed E-state index contributed by atoms with van der Waals surface area (Å²) in [5, 5.41) is 3.94. The zero-order valence-corrected chi connectivity index (χ0v) is 16.1. The molecule has 0 atom stereocenters. The van der Waals surface area contributed by atoms with E-state index in [-0.39, 0.29) is 5.91 Å². The van der Waals surface area contributed by atoms with Crippen LogP contribution in [0.4, 0.5) is 17.1 Å². The first-order valence-corrected chi connectivity index (χ1v) is 10.3. The number of nitrogens with one attached hydrogen (secondary N) is 1. The van der Waals surface area contributed by atoms with Gasteiger partial charge in [-0.05, 0) is 37.0 Å². The standard InChI is InChI=1S/C21H22N4OS/c1-2-12-5-3-4-6-15(12)23-20(26)19-17(22)14-11-16-18(24-21(14)27-19)13-7-9-25(16)10-8-13/h3-6,11,13H,2,7-10,22H2,1H3,(H,23,26). The van der Waals surface area contributed by atoms with Gasteiger partial charge in [-0.15, -0.1) is 11.3 Å². The molecule has 0 saturated carbocycles. The van der Waals surface area contributed by atoms with E-state index in [1.165, 1.54) is 35.6 Å². The molecule has 5 nitrogen and oxygen atoms in total. The van der Waals surface area contributed by atoms with E-state index in [4.69, 9.17) is 10.7 Å². The molecule has 1 aromatic carbocycles. The van der Waals surface area contributed by atoms with Gasteiger partial charge in [0.15, 0.2) is 0 Å². The third-order valence-corrected chi connectivity index (χ3v) is 6.92. The zero-order chi connectivity index (χ0) is 18.5. The van der Waals surface area contributed by atoms with Gasteiger partial charge in [-0.25, -0.2) is 4.98 Å². The molecular formula is C21H22N4OS. The van der Waals surface area contributed by atoms with E-state index in [0.717, 1.165) is 41.0 Å². The predicted molar refractivity (Wildman–Crippen MR) is 112 cm³/mol. The lowest BCUT2D eigenvalue weighted by Gasteiger charge is -2.41. The van der Waals surface area contributed by atoms with Gasteiger partial charge in [-0.3, -0.25) is 4.79 Å². The molecule has 3 aliphatic rings. The fourth-order valence-corrected chi connectivity index (χ4v) is 5.27. The molecule has 6 heteroatoms. The Balaban J connectivity index is 1.54. The molecule has 0 radical (unpaired) electrons. The van der Waals surface area contributed by atoms with Crippen LogP contribution < -0.4 is 16.0 Å². The molecule has 1 amide bonds. The van der Waals surface area contributed by atoms with Crippen LogP contribution in [0.15, 0.2) is 30.3 Å². The number of carbonyl (C=O) groups excluding carboxylic acids is 1. The number of para-hydroxylation sites is 1. The molecule has 3 N–H and O–H groups in total. The number of fused-ring (bicyclic) bond motifs is 3. The van der Waals surface area contributed by atoms with Gasteiger partial charge in [0, 0.05) is 30.1 Å². The van der Waals surface area contributed by atoms with E-state index in [1.54, 1.807) is 0 Å². The highest BCUT2D eigenvalue weighted by Gasteiger charge is 2.33. The number of nitrogens with zero attached hydrogens (tertiary/aromatic N) is 2. The summed E-state index contributed by atoms with van der Waals surface area (Å²) < 4.78 is 0. The molecular weight excluding hydrogens is 356 g/mol. The van der Waals surface area contributed by atoms with Gasteiger partial charge in [0.05, 0.1) is 17.1 Å². The summed E-state index contributed by atoms with van der Waals surface area (Å²) in [5.41, 5.74) is 11.3. The van der Waals surface area contributed by atoms with E-state index >= 15 is 0 Å². The molecule has 0 unspecified atom stereocenters. The third kappa shape index (κ3) is 2.58. The number of nitrogen functional groups attached to an aromatic ring is 1. The van der Waals surface area contributed by atoms with Gasteiger partial charge in [0.1, 0.15) is 9.71 Å². The Labute approximate surface area is 162 Å². The van der Waals surface area contributed by atoms with Crippen molar-refractivity contribution in [3.05, 3.63) is 46.5 Å². The van der Waals surface area contributed by atoms with Crippen LogP contribution in [0.1, 0.15) is 46.6 Å². The van der Waals surface area contributed by atoms with Crippen LogP contribution in [0, 0.1) is 0 Å². The van der Waals surface area contributed by atoms with Crippen molar-refractivity contribution in [2.24, 2.45) is 0 Å². The van der Waals surface area contributed by atoms with Crippen LogP contribution >= 0.6 is 11.3 Å². The topological polar surface area (TPSA) is 71.2 Å². The van der Waals surface area contributed by atoms with Crippen LogP contribution in [-0.2, 0) is 6.42 Å². The van der Waals surface area contributed by atoms with Crippen molar-refractivity contribution < 1.29 is 4.79 Å². The van der Waals surface area contributed by atoms with Gasteiger partial charge < -0.3 is 16.0 Å². The van der Waals surface area contributed by atoms with Gasteiger partial charge in [-0.2, -0.15) is 0 Å². The lowest BCUT2D eigenvalue weighted by molar-refractivity contribution is 0.103. The van der Waals surface area contributed by atoms with Gasteiger partial charge in [0.25, 0.3) is 5.91 Å². The molecule has 0 aliphatic carbocycles. The monoisotopic (exact) mass is 378 g/mol. The summed E-state index contributed by atoms with van der Waals surface area (Å²) >= 11 is 1.40. The summed E-state index contributed by atoms with van der Waals surface area (Å²) in [5.74, 6) is 0.393. The maximum atomic E-state index is 12.9. The van der Waals surface area contributed by atoms with Crippen LogP contribution in [0.2, 0.25) is 0 Å². The average Bonchev–Trinajstić information content (AvgIpc) is 3.04. The Morgan fingerprint density at radius 3 is 2.89 bits per heavy atom. The van der Waals surface area contributed by atoms with Gasteiger partial charge >= 0.3 is 0 Å². The highest BCUT2D eigenvalue weighted by atomic mass is 32.1. The van der Waals surface area contributed by atoms with E-state index in [1.807, 2.05) is 24.3 Å². The highest BCUT2D eigenvalue weighted by molar-refractivity contribution is 7.21. The summed E-state index contributed by atoms with van der Waals surface area (Å²) in [6.07, 6.45) is 3.21. The number of rotatable bonds is 3. The number of hydrogen-bond acceptors (Lipinski definition) is 5. The number of hydrogen-bond donors (Lipinski definition) is 2. The Morgan fingerprint density at radius 1 is 1.33 bits per heavy atom. The van der Waals surface area contributed by atoms with E-state index in [9.17, 15) is 4.79 Å². The average molecular weight is 379 g/mol. The molecule has 3 aromatic rings. The summed E-state index contributed by atoms with van der Waals surface area (Å²) in [7, 11) is 0. The lowest BCUT2D eigenvalue weighted by atomic mass is 9.86. The molecule has 138 valence electrons. The number of amides is 1. The zero-order valence-electron chi connectivity index (χ0n) is 15.3. The normalized spacial score (nSPS) is 16.0. The number of carbonyl (C=O) groups is 1. The van der Waals surface area contributed by atoms with Gasteiger partial charge in [0.2, 0.25) is 0 Å². The SMILES string of the molecule is CCc1ccccc1NC(=O)c1sc2nc3c(cc2c1N)N1CCC3CC1. The maximum Gasteiger partial charge on any atom is 0.267 e. The van der Waals surface area contributed by atoms with Crippen LogP contribution in [0.25, 0.3) is 10.2 Å². The second kappa shape index (κ2) is 6.23. The molecule has 5 heterocycles. The molecule has 27 heavy (non-hydrogen) atoms. The molecule has 0 spiro atoms. The largest absolute Gasteiger partial charge is 0.397 e. The summed E-state index contributed by atoms with van der Waals surface area (Å²) in [6.45, 7) is 4.27. The first-order chi connectivity index (χ1) is 13.2. The summed E-state index contributed by atoms with van der Waals surface area (Å²) in [6, 6.07) is 10.0. The first-order valence-electron chi connectivity index (χ1n) is 9.52. The summed E-state index contributed by atoms with van der Waals surface area (Å²) in [4.78, 5) is 21.7. The second-order valence-corrected chi connectivity index (χ2v) is 8.32. The Hall–Kier alpha value is -2.60. The number of piperidine rings is 1. The Kier molecular flexibility index (Phi) is 3.82. The number of pyridine rings is 1. The Morgan fingerprint density at radius 2 is 2.11 bits per heavy atom. The quantitative estimate of drug-likeness (QED) is 0.709. The van der Waals surface area contributed by atoms with Crippen molar-refractivity contribution in [1.29, 1.82) is 0 Å². The van der Waals surface area contributed by atoms with Crippen LogP contribution in [0.3, 0.4) is 0 Å². The van der Waals surface area contributed by atoms with Crippen molar-refractivity contribution in [2.75, 3.05) is 29.0 Å². The predicted octanol–water partition coefficient (Wildman–Crippen LogP) is 4.39. The number of aromatic nitrogens is 1. The lowest BCUT2D eigenvalue weighted by Crippen LogP contribution is -2.39. The number of benzene rings is 1. The Bertz CT molecular complexity index is 1050. The number of aryl methyl sites for hydroxylation is 1. The number of nitrogens with two attached hydrogens (primary N) is 1. The van der Waals surface area contributed by atoms with Crippen molar-refractivity contribution in [2.45, 2.75) is 32.1 Å². The molecule has 1 fully saturated rings. The van der Waals surface area contributed by atoms with Gasteiger partial charge in [-0.1, -0.05) is 25.1 Å². The molecule has 2 aromatic heterocycles. The van der Waals surface area contributed by atoms with Crippen LogP contribution in [-0.4, -0.2) is 24.0 Å². The minimum Gasteiger partial charge on any atom is -0.397 e. The van der Waals surface area contributed by atoms with E-state index in [0.29, 0.717) is 16.5 Å². The second-order valence-electron chi connectivity index (χ2n) is 7.32. The molecule has 1 saturated heterocycles. The number of anilines is 3. The third-order valence-electron chi connectivity index (χ3n) is 5.80. The van der Waals surface area contributed by atoms with Crippen molar-refractivity contribution in [1.82, 2.24) is 4.98 Å².